The first kappa shape index (κ1) is 11.2. The van der Waals surface area contributed by atoms with Gasteiger partial charge in [-0.25, -0.2) is 5.01 Å². The fourth-order valence-electron chi connectivity index (χ4n) is 1.64. The van der Waals surface area contributed by atoms with Crippen LogP contribution in [0.2, 0.25) is 0 Å². The van der Waals surface area contributed by atoms with Crippen LogP contribution in [0.4, 0.5) is 0 Å². The average molecular weight is 196 g/mol. The number of rotatable bonds is 3. The van der Waals surface area contributed by atoms with E-state index in [-0.39, 0.29) is 11.8 Å². The summed E-state index contributed by atoms with van der Waals surface area (Å²) in [5.74, 6) is 0.0759. The summed E-state index contributed by atoms with van der Waals surface area (Å²) in [7, 11) is 0. The van der Waals surface area contributed by atoms with Crippen molar-refractivity contribution in [1.82, 2.24) is 10.4 Å². The zero-order valence-electron chi connectivity index (χ0n) is 9.12. The maximum absolute atomic E-state index is 11.6. The zero-order valence-corrected chi connectivity index (χ0v) is 9.12. The lowest BCUT2D eigenvalue weighted by molar-refractivity contribution is -0.128. The molecule has 3 nitrogen and oxygen atoms in total. The van der Waals surface area contributed by atoms with Gasteiger partial charge in [0.15, 0.2) is 0 Å². The van der Waals surface area contributed by atoms with E-state index in [0.717, 1.165) is 13.1 Å². The lowest BCUT2D eigenvalue weighted by atomic mass is 10.1. The summed E-state index contributed by atoms with van der Waals surface area (Å²) in [6.45, 7) is 5.84. The highest BCUT2D eigenvalue weighted by Crippen LogP contribution is 2.07. The Morgan fingerprint density at radius 1 is 1.36 bits per heavy atom. The van der Waals surface area contributed by atoms with E-state index in [4.69, 9.17) is 0 Å². The molecule has 0 spiro atoms. The van der Waals surface area contributed by atoms with E-state index >= 15 is 0 Å². The van der Waals surface area contributed by atoms with Gasteiger partial charge in [-0.15, -0.1) is 0 Å². The molecule has 0 aliphatic carbocycles. The van der Waals surface area contributed by atoms with Crippen molar-refractivity contribution >= 4 is 5.91 Å². The number of carbonyl (C=O) groups excluding carboxylic acids is 1. The van der Waals surface area contributed by atoms with E-state index in [1.807, 2.05) is 31.0 Å². The van der Waals surface area contributed by atoms with Crippen molar-refractivity contribution in [2.75, 3.05) is 13.1 Å². The molecule has 1 aliphatic rings. The summed E-state index contributed by atoms with van der Waals surface area (Å²) in [5, 5.41) is 2.03. The molecule has 0 saturated carbocycles. The quantitative estimate of drug-likeness (QED) is 0.697. The first-order valence-electron chi connectivity index (χ1n) is 5.42. The fraction of sp³-hybridized carbons (Fsp3) is 0.727. The molecular formula is C11H20N2O. The molecule has 1 fully saturated rings. The van der Waals surface area contributed by atoms with E-state index in [0.29, 0.717) is 0 Å². The van der Waals surface area contributed by atoms with Crippen LogP contribution >= 0.6 is 0 Å². The van der Waals surface area contributed by atoms with E-state index < -0.39 is 0 Å². The topological polar surface area (TPSA) is 32.3 Å². The molecule has 1 unspecified atom stereocenters. The molecule has 1 amide bonds. The van der Waals surface area contributed by atoms with Gasteiger partial charge < -0.3 is 0 Å². The lowest BCUT2D eigenvalue weighted by Gasteiger charge is -2.27. The molecule has 0 bridgehead atoms. The van der Waals surface area contributed by atoms with Crippen molar-refractivity contribution in [3.05, 3.63) is 12.2 Å². The van der Waals surface area contributed by atoms with Crippen LogP contribution < -0.4 is 5.43 Å². The molecule has 1 rings (SSSR count). The minimum absolute atomic E-state index is 0.0260. The lowest BCUT2D eigenvalue weighted by Crippen LogP contribution is -2.46. The van der Waals surface area contributed by atoms with Crippen LogP contribution in [0, 0.1) is 5.92 Å². The molecule has 1 atom stereocenters. The summed E-state index contributed by atoms with van der Waals surface area (Å²) in [6, 6.07) is 0. The average Bonchev–Trinajstić information content (AvgIpc) is 2.19. The van der Waals surface area contributed by atoms with Gasteiger partial charge in [-0.1, -0.05) is 25.5 Å². The summed E-state index contributed by atoms with van der Waals surface area (Å²) in [4.78, 5) is 11.6. The first-order chi connectivity index (χ1) is 6.74. The SMILES string of the molecule is C/C=C\C(C)C(=O)NN1CCCCC1. The third kappa shape index (κ3) is 3.50. The predicted molar refractivity (Wildman–Crippen MR) is 57.5 cm³/mol. The molecule has 0 radical (unpaired) electrons. The van der Waals surface area contributed by atoms with Crippen molar-refractivity contribution in [3.63, 3.8) is 0 Å². The smallest absolute Gasteiger partial charge is 0.240 e. The molecule has 0 aromatic carbocycles. The number of nitrogens with zero attached hydrogens (tertiary/aromatic N) is 1. The summed E-state index contributed by atoms with van der Waals surface area (Å²) in [5.41, 5.74) is 2.95. The number of hydrazine groups is 1. The highest BCUT2D eigenvalue weighted by atomic mass is 16.2. The van der Waals surface area contributed by atoms with Gasteiger partial charge in [0.25, 0.3) is 0 Å². The first-order valence-corrected chi connectivity index (χ1v) is 5.42. The van der Waals surface area contributed by atoms with Crippen LogP contribution in [0.25, 0.3) is 0 Å². The molecule has 1 saturated heterocycles. The number of amides is 1. The molecule has 1 N–H and O–H groups in total. The Balaban J connectivity index is 2.31. The Bertz CT molecular complexity index is 207. The summed E-state index contributed by atoms with van der Waals surface area (Å²) in [6.07, 6.45) is 7.51. The van der Waals surface area contributed by atoms with Crippen molar-refractivity contribution in [1.29, 1.82) is 0 Å². The number of hydrogen-bond acceptors (Lipinski definition) is 2. The molecule has 1 heterocycles. The van der Waals surface area contributed by atoms with Crippen LogP contribution in [0.15, 0.2) is 12.2 Å². The van der Waals surface area contributed by atoms with Crippen molar-refractivity contribution in [2.24, 2.45) is 5.92 Å². The highest BCUT2D eigenvalue weighted by Gasteiger charge is 2.15. The second-order valence-corrected chi connectivity index (χ2v) is 3.84. The van der Waals surface area contributed by atoms with Gasteiger partial charge in [0.2, 0.25) is 5.91 Å². The molecule has 0 aromatic heterocycles. The molecule has 80 valence electrons. The van der Waals surface area contributed by atoms with Crippen LogP contribution in [0.1, 0.15) is 33.1 Å². The normalized spacial score (nSPS) is 21.0. The fourth-order valence-corrected chi connectivity index (χ4v) is 1.64. The monoisotopic (exact) mass is 196 g/mol. The van der Waals surface area contributed by atoms with Crippen LogP contribution in [-0.4, -0.2) is 24.0 Å². The molecule has 0 aromatic rings. The van der Waals surface area contributed by atoms with Gasteiger partial charge in [0.1, 0.15) is 0 Å². The maximum atomic E-state index is 11.6. The summed E-state index contributed by atoms with van der Waals surface area (Å²) >= 11 is 0. The van der Waals surface area contributed by atoms with Gasteiger partial charge in [-0.2, -0.15) is 0 Å². The number of piperidine rings is 1. The molecule has 14 heavy (non-hydrogen) atoms. The van der Waals surface area contributed by atoms with Gasteiger partial charge in [0, 0.05) is 13.1 Å². The number of allylic oxidation sites excluding steroid dienone is 1. The highest BCUT2D eigenvalue weighted by molar-refractivity contribution is 5.79. The summed E-state index contributed by atoms with van der Waals surface area (Å²) < 4.78 is 0. The molecule has 3 heteroatoms. The number of hydrogen-bond donors (Lipinski definition) is 1. The van der Waals surface area contributed by atoms with E-state index in [1.165, 1.54) is 19.3 Å². The van der Waals surface area contributed by atoms with Crippen molar-refractivity contribution in [2.45, 2.75) is 33.1 Å². The van der Waals surface area contributed by atoms with Gasteiger partial charge in [-0.05, 0) is 19.8 Å². The third-order valence-corrected chi connectivity index (χ3v) is 2.52. The second kappa shape index (κ2) is 5.81. The standard InChI is InChI=1S/C11H20N2O/c1-3-7-10(2)11(14)12-13-8-5-4-6-9-13/h3,7,10H,4-6,8-9H2,1-2H3,(H,12,14)/b7-3-. The van der Waals surface area contributed by atoms with Gasteiger partial charge in [0.05, 0.1) is 5.92 Å². The largest absolute Gasteiger partial charge is 0.288 e. The Morgan fingerprint density at radius 2 is 2.00 bits per heavy atom. The van der Waals surface area contributed by atoms with Crippen LogP contribution in [-0.2, 0) is 4.79 Å². The Kier molecular flexibility index (Phi) is 4.66. The molecule has 1 aliphatic heterocycles. The zero-order chi connectivity index (χ0) is 10.4. The Morgan fingerprint density at radius 3 is 2.57 bits per heavy atom. The second-order valence-electron chi connectivity index (χ2n) is 3.84. The predicted octanol–water partition coefficient (Wildman–Crippen LogP) is 1.72. The van der Waals surface area contributed by atoms with Crippen molar-refractivity contribution in [3.8, 4) is 0 Å². The van der Waals surface area contributed by atoms with Crippen LogP contribution in [0.5, 0.6) is 0 Å². The number of nitrogens with one attached hydrogen (secondary N) is 1. The van der Waals surface area contributed by atoms with Gasteiger partial charge >= 0.3 is 0 Å². The number of carbonyl (C=O) groups is 1. The van der Waals surface area contributed by atoms with E-state index in [1.54, 1.807) is 0 Å². The van der Waals surface area contributed by atoms with Gasteiger partial charge in [-0.3, -0.25) is 10.2 Å². The third-order valence-electron chi connectivity index (χ3n) is 2.52. The van der Waals surface area contributed by atoms with Crippen molar-refractivity contribution < 1.29 is 4.79 Å². The minimum atomic E-state index is -0.0260. The van der Waals surface area contributed by atoms with E-state index in [2.05, 4.69) is 5.43 Å². The van der Waals surface area contributed by atoms with Crippen LogP contribution in [0.3, 0.4) is 0 Å². The maximum Gasteiger partial charge on any atom is 0.240 e. The molecular weight excluding hydrogens is 176 g/mol. The van der Waals surface area contributed by atoms with E-state index in [9.17, 15) is 4.79 Å². The Labute approximate surface area is 86.1 Å². The Hall–Kier alpha value is -0.830. The minimum Gasteiger partial charge on any atom is -0.288 e.